The highest BCUT2D eigenvalue weighted by atomic mass is 28.3. The van der Waals surface area contributed by atoms with Crippen molar-refractivity contribution in [2.24, 2.45) is 0 Å². The van der Waals surface area contributed by atoms with Crippen molar-refractivity contribution in [3.8, 4) is 0 Å². The van der Waals surface area contributed by atoms with E-state index in [0.29, 0.717) is 5.73 Å². The molecular formula is C8H15O2Si. The van der Waals surface area contributed by atoms with Gasteiger partial charge in [0.2, 0.25) is 9.04 Å². The zero-order valence-electron chi connectivity index (χ0n) is 7.22. The van der Waals surface area contributed by atoms with E-state index in [2.05, 4.69) is 0 Å². The summed E-state index contributed by atoms with van der Waals surface area (Å²) in [5.41, 5.74) is 0.490. The molecule has 3 heteroatoms. The van der Waals surface area contributed by atoms with Crippen molar-refractivity contribution in [2.75, 3.05) is 0 Å². The van der Waals surface area contributed by atoms with Gasteiger partial charge in [-0.3, -0.25) is 0 Å². The Balaban J connectivity index is 2.03. The number of ether oxygens (including phenoxy) is 1. The third kappa shape index (κ3) is 1.50. The van der Waals surface area contributed by atoms with Crippen LogP contribution in [0.5, 0.6) is 0 Å². The molecule has 1 unspecified atom stereocenters. The van der Waals surface area contributed by atoms with Crippen LogP contribution in [-0.2, 0) is 9.16 Å². The molecule has 0 aliphatic carbocycles. The van der Waals surface area contributed by atoms with Crippen molar-refractivity contribution in [2.45, 2.75) is 50.7 Å². The van der Waals surface area contributed by atoms with Gasteiger partial charge in [0, 0.05) is 0 Å². The molecule has 0 amide bonds. The molecule has 0 aromatic rings. The van der Waals surface area contributed by atoms with Crippen LogP contribution in [0.3, 0.4) is 0 Å². The molecule has 2 heterocycles. The van der Waals surface area contributed by atoms with Crippen LogP contribution in [0, 0.1) is 0 Å². The topological polar surface area (TPSA) is 18.5 Å². The maximum Gasteiger partial charge on any atom is 0.245 e. The van der Waals surface area contributed by atoms with E-state index in [-0.39, 0.29) is 5.79 Å². The summed E-state index contributed by atoms with van der Waals surface area (Å²) in [6.07, 6.45) is 3.92. The second kappa shape index (κ2) is 2.57. The third-order valence-electron chi connectivity index (χ3n) is 2.30. The third-order valence-corrected chi connectivity index (χ3v) is 5.03. The fourth-order valence-electron chi connectivity index (χ4n) is 1.87. The van der Waals surface area contributed by atoms with Gasteiger partial charge in [0.05, 0.1) is 5.73 Å². The predicted molar refractivity (Wildman–Crippen MR) is 44.4 cm³/mol. The summed E-state index contributed by atoms with van der Waals surface area (Å²) in [4.78, 5) is 0. The number of hydrogen-bond donors (Lipinski definition) is 0. The van der Waals surface area contributed by atoms with Gasteiger partial charge in [0.25, 0.3) is 0 Å². The molecule has 11 heavy (non-hydrogen) atoms. The van der Waals surface area contributed by atoms with Crippen LogP contribution in [0.25, 0.3) is 0 Å². The summed E-state index contributed by atoms with van der Waals surface area (Å²) < 4.78 is 11.6. The van der Waals surface area contributed by atoms with Crippen molar-refractivity contribution in [1.29, 1.82) is 0 Å². The van der Waals surface area contributed by atoms with Crippen LogP contribution in [0.15, 0.2) is 0 Å². The van der Waals surface area contributed by atoms with Gasteiger partial charge in [-0.1, -0.05) is 12.8 Å². The normalized spacial score (nSPS) is 37.1. The van der Waals surface area contributed by atoms with Gasteiger partial charge in [0.1, 0.15) is 0 Å². The first kappa shape index (κ1) is 7.77. The quantitative estimate of drug-likeness (QED) is 0.518. The lowest BCUT2D eigenvalue weighted by Gasteiger charge is -2.18. The Hall–Kier alpha value is 0.137. The standard InChI is InChI=1S/C8H15O2Si/c1-8(2)9-7-5-3-4-6-11(7)10-8/h7H,3-6H2,1-2H3. The van der Waals surface area contributed by atoms with Crippen molar-refractivity contribution in [3.05, 3.63) is 0 Å². The van der Waals surface area contributed by atoms with Gasteiger partial charge >= 0.3 is 0 Å². The smallest absolute Gasteiger partial charge is 0.245 e. The lowest BCUT2D eigenvalue weighted by atomic mass is 10.2. The first-order valence-corrected chi connectivity index (χ1v) is 6.09. The monoisotopic (exact) mass is 171 g/mol. The van der Waals surface area contributed by atoms with Crippen LogP contribution in [0.4, 0.5) is 0 Å². The molecular weight excluding hydrogens is 156 g/mol. The van der Waals surface area contributed by atoms with Gasteiger partial charge in [-0.05, 0) is 26.3 Å². The lowest BCUT2D eigenvalue weighted by Crippen LogP contribution is -2.30. The zero-order chi connectivity index (χ0) is 7.90. The summed E-state index contributed by atoms with van der Waals surface area (Å²) in [7, 11) is -0.583. The van der Waals surface area contributed by atoms with Gasteiger partial charge < -0.3 is 9.16 Å². The Labute approximate surface area is 69.6 Å². The zero-order valence-corrected chi connectivity index (χ0v) is 8.22. The van der Waals surface area contributed by atoms with E-state index >= 15 is 0 Å². The molecule has 2 rings (SSSR count). The summed E-state index contributed by atoms with van der Waals surface area (Å²) in [6.45, 7) is 4.06. The molecule has 2 aliphatic heterocycles. The average molecular weight is 171 g/mol. The summed E-state index contributed by atoms with van der Waals surface area (Å²) >= 11 is 0. The summed E-state index contributed by atoms with van der Waals surface area (Å²) in [6, 6.07) is 1.29. The van der Waals surface area contributed by atoms with Crippen LogP contribution < -0.4 is 0 Å². The Kier molecular flexibility index (Phi) is 1.82. The summed E-state index contributed by atoms with van der Waals surface area (Å²) in [5.74, 6) is -0.275. The van der Waals surface area contributed by atoms with Crippen molar-refractivity contribution in [3.63, 3.8) is 0 Å². The van der Waals surface area contributed by atoms with E-state index < -0.39 is 9.04 Å². The Morgan fingerprint density at radius 2 is 2.18 bits per heavy atom. The van der Waals surface area contributed by atoms with E-state index in [1.807, 2.05) is 13.8 Å². The van der Waals surface area contributed by atoms with Crippen LogP contribution in [0.2, 0.25) is 6.04 Å². The second-order valence-electron chi connectivity index (χ2n) is 3.82. The van der Waals surface area contributed by atoms with Gasteiger partial charge in [0.15, 0.2) is 5.79 Å². The van der Waals surface area contributed by atoms with Gasteiger partial charge in [-0.25, -0.2) is 0 Å². The van der Waals surface area contributed by atoms with E-state index in [1.165, 1.54) is 25.3 Å². The molecule has 0 spiro atoms. The Morgan fingerprint density at radius 1 is 1.36 bits per heavy atom. The van der Waals surface area contributed by atoms with Crippen molar-refractivity contribution in [1.82, 2.24) is 0 Å². The Bertz CT molecular complexity index is 142. The molecule has 2 fully saturated rings. The molecule has 0 aromatic heterocycles. The van der Waals surface area contributed by atoms with Crippen LogP contribution in [-0.4, -0.2) is 20.6 Å². The van der Waals surface area contributed by atoms with Gasteiger partial charge in [-0.2, -0.15) is 0 Å². The highest BCUT2D eigenvalue weighted by molar-refractivity contribution is 6.54. The lowest BCUT2D eigenvalue weighted by molar-refractivity contribution is -0.127. The molecule has 0 N–H and O–H groups in total. The SMILES string of the molecule is CC1(C)OC2CCCC[Si]2O1. The van der Waals surface area contributed by atoms with E-state index in [1.54, 1.807) is 0 Å². The molecule has 2 saturated heterocycles. The number of fused-ring (bicyclic) bond motifs is 1. The second-order valence-corrected chi connectivity index (χ2v) is 6.10. The minimum Gasteiger partial charge on any atom is -0.387 e. The highest BCUT2D eigenvalue weighted by Gasteiger charge is 2.43. The Morgan fingerprint density at radius 3 is 2.91 bits per heavy atom. The van der Waals surface area contributed by atoms with Crippen LogP contribution >= 0.6 is 0 Å². The van der Waals surface area contributed by atoms with E-state index in [9.17, 15) is 0 Å². The fraction of sp³-hybridized carbons (Fsp3) is 1.00. The molecule has 0 saturated carbocycles. The van der Waals surface area contributed by atoms with E-state index in [4.69, 9.17) is 9.16 Å². The first-order valence-electron chi connectivity index (χ1n) is 4.40. The molecule has 1 atom stereocenters. The molecule has 2 nitrogen and oxygen atoms in total. The number of rotatable bonds is 0. The molecule has 0 aromatic carbocycles. The largest absolute Gasteiger partial charge is 0.387 e. The predicted octanol–water partition coefficient (Wildman–Crippen LogP) is 1.85. The maximum absolute atomic E-state index is 5.83. The maximum atomic E-state index is 5.83. The first-order chi connectivity index (χ1) is 5.17. The number of hydrogen-bond acceptors (Lipinski definition) is 2. The minimum absolute atomic E-state index is 0.275. The van der Waals surface area contributed by atoms with Gasteiger partial charge in [-0.15, -0.1) is 0 Å². The van der Waals surface area contributed by atoms with Crippen LogP contribution in [0.1, 0.15) is 33.1 Å². The van der Waals surface area contributed by atoms with Crippen molar-refractivity contribution >= 4 is 9.04 Å². The van der Waals surface area contributed by atoms with E-state index in [0.717, 1.165) is 0 Å². The molecule has 0 bridgehead atoms. The molecule has 63 valence electrons. The average Bonchev–Trinajstić information content (AvgIpc) is 2.21. The summed E-state index contributed by atoms with van der Waals surface area (Å²) in [5, 5.41) is 0. The molecule has 2 aliphatic rings. The minimum atomic E-state index is -0.583. The van der Waals surface area contributed by atoms with Crippen molar-refractivity contribution < 1.29 is 9.16 Å². The fourth-order valence-corrected chi connectivity index (χ4v) is 4.65. The highest BCUT2D eigenvalue weighted by Crippen LogP contribution is 2.34. The molecule has 1 radical (unpaired) electrons.